The lowest BCUT2D eigenvalue weighted by Crippen LogP contribution is -2.44. The van der Waals surface area contributed by atoms with Crippen LogP contribution in [0.1, 0.15) is 64.4 Å². The standard InChI is InChI=1S/C22H33N3O3/c1-8-22(6,7)24-20(26)14-28-21(27)19(13-23)12-18-11-16(4)25(17(18)5)10-9-15(2)3/h11-12,15H,8-10,14H2,1-7H3,(H,24,26)/b19-12+. The van der Waals surface area contributed by atoms with Gasteiger partial charge in [0.2, 0.25) is 0 Å². The van der Waals surface area contributed by atoms with Crippen LogP contribution in [0.4, 0.5) is 0 Å². The van der Waals surface area contributed by atoms with Crippen LogP contribution in [-0.4, -0.2) is 28.6 Å². The van der Waals surface area contributed by atoms with Crippen molar-refractivity contribution in [1.29, 1.82) is 5.26 Å². The van der Waals surface area contributed by atoms with Crippen molar-refractivity contribution in [1.82, 2.24) is 9.88 Å². The molecule has 154 valence electrons. The summed E-state index contributed by atoms with van der Waals surface area (Å²) in [6.45, 7) is 14.6. The summed E-state index contributed by atoms with van der Waals surface area (Å²) in [6, 6.07) is 3.84. The van der Waals surface area contributed by atoms with Crippen molar-refractivity contribution in [3.8, 4) is 6.07 Å². The maximum absolute atomic E-state index is 12.2. The van der Waals surface area contributed by atoms with Crippen molar-refractivity contribution in [3.63, 3.8) is 0 Å². The zero-order valence-electron chi connectivity index (χ0n) is 18.2. The van der Waals surface area contributed by atoms with Crippen molar-refractivity contribution in [3.05, 3.63) is 28.6 Å². The first-order chi connectivity index (χ1) is 13.0. The Morgan fingerprint density at radius 1 is 1.36 bits per heavy atom. The quantitative estimate of drug-likeness (QED) is 0.396. The highest BCUT2D eigenvalue weighted by Gasteiger charge is 2.20. The van der Waals surface area contributed by atoms with Gasteiger partial charge in [-0.3, -0.25) is 4.79 Å². The fourth-order valence-electron chi connectivity index (χ4n) is 2.71. The van der Waals surface area contributed by atoms with E-state index in [-0.39, 0.29) is 17.0 Å². The number of hydrogen-bond acceptors (Lipinski definition) is 4. The van der Waals surface area contributed by atoms with Gasteiger partial charge in [-0.15, -0.1) is 0 Å². The second kappa shape index (κ2) is 10.1. The molecule has 0 fully saturated rings. The lowest BCUT2D eigenvalue weighted by atomic mass is 10.0. The fourth-order valence-corrected chi connectivity index (χ4v) is 2.71. The Morgan fingerprint density at radius 2 is 2.00 bits per heavy atom. The number of aryl methyl sites for hydroxylation is 1. The summed E-state index contributed by atoms with van der Waals surface area (Å²) in [6.07, 6.45) is 3.34. The average molecular weight is 388 g/mol. The highest BCUT2D eigenvalue weighted by Crippen LogP contribution is 2.20. The second-order valence-electron chi connectivity index (χ2n) is 8.19. The predicted octanol–water partition coefficient (Wildman–Crippen LogP) is 3.91. The van der Waals surface area contributed by atoms with E-state index in [1.807, 2.05) is 46.8 Å². The monoisotopic (exact) mass is 387 g/mol. The lowest BCUT2D eigenvalue weighted by molar-refractivity contribution is -0.144. The van der Waals surface area contributed by atoms with Crippen LogP contribution in [0, 0.1) is 31.1 Å². The summed E-state index contributed by atoms with van der Waals surface area (Å²) in [5.41, 5.74) is 2.40. The van der Waals surface area contributed by atoms with Gasteiger partial charge in [-0.2, -0.15) is 5.26 Å². The van der Waals surface area contributed by atoms with Crippen molar-refractivity contribution in [2.45, 2.75) is 73.4 Å². The first kappa shape index (κ1) is 23.5. The van der Waals surface area contributed by atoms with Gasteiger partial charge in [-0.05, 0) is 64.2 Å². The maximum Gasteiger partial charge on any atom is 0.349 e. The van der Waals surface area contributed by atoms with Crippen LogP contribution in [0.5, 0.6) is 0 Å². The Hall–Kier alpha value is -2.55. The number of esters is 1. The normalized spacial score (nSPS) is 12.0. The molecule has 1 amide bonds. The zero-order valence-corrected chi connectivity index (χ0v) is 18.2. The van der Waals surface area contributed by atoms with Crippen molar-refractivity contribution in [2.24, 2.45) is 5.92 Å². The van der Waals surface area contributed by atoms with Gasteiger partial charge in [-0.1, -0.05) is 20.8 Å². The molecule has 0 saturated heterocycles. The molecule has 1 N–H and O–H groups in total. The third-order valence-corrected chi connectivity index (χ3v) is 4.88. The van der Waals surface area contributed by atoms with E-state index in [1.54, 1.807) is 0 Å². The summed E-state index contributed by atoms with van der Waals surface area (Å²) in [4.78, 5) is 24.2. The number of aromatic nitrogens is 1. The second-order valence-corrected chi connectivity index (χ2v) is 8.19. The molecule has 1 heterocycles. The number of ether oxygens (including phenoxy) is 1. The van der Waals surface area contributed by atoms with Crippen LogP contribution in [0.2, 0.25) is 0 Å². The molecular formula is C22H33N3O3. The number of nitrogens with zero attached hydrogens (tertiary/aromatic N) is 2. The van der Waals surface area contributed by atoms with Crippen LogP contribution < -0.4 is 5.32 Å². The van der Waals surface area contributed by atoms with Crippen molar-refractivity contribution in [2.75, 3.05) is 6.61 Å². The minimum Gasteiger partial charge on any atom is -0.451 e. The molecule has 0 unspecified atom stereocenters. The maximum atomic E-state index is 12.2. The Balaban J connectivity index is 2.86. The minimum atomic E-state index is -0.793. The van der Waals surface area contributed by atoms with Crippen molar-refractivity contribution < 1.29 is 14.3 Å². The summed E-state index contributed by atoms with van der Waals surface area (Å²) in [5, 5.41) is 12.2. The van der Waals surface area contributed by atoms with Gasteiger partial charge in [0.05, 0.1) is 0 Å². The molecule has 0 atom stereocenters. The molecule has 0 spiro atoms. The molecule has 0 saturated carbocycles. The van der Waals surface area contributed by atoms with Crippen LogP contribution in [-0.2, 0) is 20.9 Å². The van der Waals surface area contributed by atoms with Crippen LogP contribution in [0.3, 0.4) is 0 Å². The number of hydrogen-bond donors (Lipinski definition) is 1. The molecule has 0 bridgehead atoms. The Morgan fingerprint density at radius 3 is 2.54 bits per heavy atom. The molecule has 6 heteroatoms. The van der Waals surface area contributed by atoms with Gasteiger partial charge in [0, 0.05) is 23.5 Å². The summed E-state index contributed by atoms with van der Waals surface area (Å²) < 4.78 is 7.21. The van der Waals surface area contributed by atoms with Gasteiger partial charge >= 0.3 is 5.97 Å². The predicted molar refractivity (Wildman–Crippen MR) is 110 cm³/mol. The van der Waals surface area contributed by atoms with Crippen LogP contribution in [0.15, 0.2) is 11.6 Å². The zero-order chi connectivity index (χ0) is 21.5. The summed E-state index contributed by atoms with van der Waals surface area (Å²) in [7, 11) is 0. The van der Waals surface area contributed by atoms with E-state index in [4.69, 9.17) is 4.74 Å². The fraction of sp³-hybridized carbons (Fsp3) is 0.591. The number of amides is 1. The van der Waals surface area contributed by atoms with Gasteiger partial charge in [0.15, 0.2) is 6.61 Å². The number of nitriles is 1. The third kappa shape index (κ3) is 6.88. The highest BCUT2D eigenvalue weighted by atomic mass is 16.5. The Labute approximate surface area is 168 Å². The van der Waals surface area contributed by atoms with E-state index in [0.717, 1.165) is 36.3 Å². The molecule has 1 rings (SSSR count). The first-order valence-electron chi connectivity index (χ1n) is 9.77. The molecule has 0 aliphatic heterocycles. The molecule has 28 heavy (non-hydrogen) atoms. The smallest absolute Gasteiger partial charge is 0.349 e. The largest absolute Gasteiger partial charge is 0.451 e. The topological polar surface area (TPSA) is 84.1 Å². The van der Waals surface area contributed by atoms with E-state index < -0.39 is 12.6 Å². The average Bonchev–Trinajstić information content (AvgIpc) is 2.88. The third-order valence-electron chi connectivity index (χ3n) is 4.88. The molecule has 1 aromatic heterocycles. The Bertz CT molecular complexity index is 780. The van der Waals surface area contributed by atoms with E-state index in [2.05, 4.69) is 23.7 Å². The molecule has 0 aromatic carbocycles. The molecule has 0 radical (unpaired) electrons. The van der Waals surface area contributed by atoms with E-state index in [9.17, 15) is 14.9 Å². The minimum absolute atomic E-state index is 0.119. The van der Waals surface area contributed by atoms with E-state index >= 15 is 0 Å². The summed E-state index contributed by atoms with van der Waals surface area (Å²) >= 11 is 0. The molecule has 1 aromatic rings. The lowest BCUT2D eigenvalue weighted by Gasteiger charge is -2.24. The van der Waals surface area contributed by atoms with Gasteiger partial charge < -0.3 is 14.6 Å². The van der Waals surface area contributed by atoms with Gasteiger partial charge in [-0.25, -0.2) is 4.79 Å². The van der Waals surface area contributed by atoms with E-state index in [1.165, 1.54) is 6.08 Å². The molecule has 0 aliphatic rings. The number of carbonyl (C=O) groups is 2. The summed E-state index contributed by atoms with van der Waals surface area (Å²) in [5.74, 6) is -0.586. The van der Waals surface area contributed by atoms with Crippen LogP contribution in [0.25, 0.3) is 6.08 Å². The molecular weight excluding hydrogens is 354 g/mol. The molecule has 6 nitrogen and oxygen atoms in total. The molecule has 0 aliphatic carbocycles. The number of carbonyl (C=O) groups excluding carboxylic acids is 2. The number of rotatable bonds is 9. The first-order valence-corrected chi connectivity index (χ1v) is 9.77. The van der Waals surface area contributed by atoms with Crippen LogP contribution >= 0.6 is 0 Å². The van der Waals surface area contributed by atoms with Gasteiger partial charge in [0.25, 0.3) is 5.91 Å². The van der Waals surface area contributed by atoms with E-state index in [0.29, 0.717) is 5.92 Å². The van der Waals surface area contributed by atoms with Crippen molar-refractivity contribution >= 4 is 18.0 Å². The SMILES string of the molecule is CCC(C)(C)NC(=O)COC(=O)/C(C#N)=C/c1cc(C)n(CCC(C)C)c1C. The number of nitrogens with one attached hydrogen (secondary N) is 1. The van der Waals surface area contributed by atoms with Gasteiger partial charge in [0.1, 0.15) is 11.6 Å². The highest BCUT2D eigenvalue weighted by molar-refractivity contribution is 5.99. The Kier molecular flexibility index (Phi) is 8.49.